The molecule has 5 nitrogen and oxygen atoms in total. The van der Waals surface area contributed by atoms with Crippen LogP contribution >= 0.6 is 11.6 Å². The van der Waals surface area contributed by atoms with Crippen molar-refractivity contribution in [1.29, 1.82) is 0 Å². The highest BCUT2D eigenvalue weighted by Crippen LogP contribution is 2.26. The lowest BCUT2D eigenvalue weighted by molar-refractivity contribution is 0.626. The summed E-state index contributed by atoms with van der Waals surface area (Å²) in [5, 5.41) is 8.01. The van der Waals surface area contributed by atoms with Crippen molar-refractivity contribution in [3.63, 3.8) is 0 Å². The summed E-state index contributed by atoms with van der Waals surface area (Å²) in [6.07, 6.45) is 3.28. The molecule has 0 amide bonds. The fraction of sp³-hybridized carbons (Fsp3) is 0.235. The van der Waals surface area contributed by atoms with Gasteiger partial charge < -0.3 is 5.32 Å². The Balaban J connectivity index is 1.85. The van der Waals surface area contributed by atoms with E-state index in [9.17, 15) is 4.39 Å². The second-order valence-electron chi connectivity index (χ2n) is 5.63. The Kier molecular flexibility index (Phi) is 4.49. The second kappa shape index (κ2) is 6.57. The Hall–Kier alpha value is -2.47. The Morgan fingerprint density at radius 1 is 1.21 bits per heavy atom. The lowest BCUT2D eigenvalue weighted by Gasteiger charge is -2.16. The van der Waals surface area contributed by atoms with Gasteiger partial charge in [0.05, 0.1) is 24.1 Å². The van der Waals surface area contributed by atoms with Gasteiger partial charge in [-0.1, -0.05) is 17.7 Å². The molecule has 0 aliphatic carbocycles. The highest BCUT2D eigenvalue weighted by atomic mass is 35.5. The molecule has 0 radical (unpaired) electrons. The molecule has 124 valence electrons. The molecule has 2 aromatic heterocycles. The number of rotatable bonds is 4. The highest BCUT2D eigenvalue weighted by Gasteiger charge is 2.12. The van der Waals surface area contributed by atoms with Gasteiger partial charge in [-0.3, -0.25) is 4.98 Å². The standard InChI is InChI=1S/C17H17ClFN5/c1-10-6-11(2)24(23-10)17-9-20-8-16(22-17)21-12(3)14-5-4-13(19)7-15(14)18/h4-9,12H,1-3H3,(H,21,22). The molecule has 24 heavy (non-hydrogen) atoms. The maximum Gasteiger partial charge on any atom is 0.174 e. The number of anilines is 1. The molecule has 1 atom stereocenters. The van der Waals surface area contributed by atoms with E-state index in [1.807, 2.05) is 26.8 Å². The van der Waals surface area contributed by atoms with Crippen LogP contribution in [0.5, 0.6) is 0 Å². The largest absolute Gasteiger partial charge is 0.362 e. The molecular weight excluding hydrogens is 329 g/mol. The number of aromatic nitrogens is 4. The number of benzene rings is 1. The van der Waals surface area contributed by atoms with Gasteiger partial charge in [0, 0.05) is 10.7 Å². The Morgan fingerprint density at radius 2 is 2.00 bits per heavy atom. The van der Waals surface area contributed by atoms with Gasteiger partial charge in [0.2, 0.25) is 0 Å². The molecule has 0 saturated carbocycles. The summed E-state index contributed by atoms with van der Waals surface area (Å²) in [4.78, 5) is 8.76. The van der Waals surface area contributed by atoms with Crippen molar-refractivity contribution in [1.82, 2.24) is 19.7 Å². The third kappa shape index (κ3) is 3.38. The van der Waals surface area contributed by atoms with E-state index in [-0.39, 0.29) is 11.9 Å². The summed E-state index contributed by atoms with van der Waals surface area (Å²) in [6.45, 7) is 5.82. The van der Waals surface area contributed by atoms with E-state index >= 15 is 0 Å². The van der Waals surface area contributed by atoms with Crippen LogP contribution in [0.2, 0.25) is 5.02 Å². The fourth-order valence-electron chi connectivity index (χ4n) is 2.54. The topological polar surface area (TPSA) is 55.6 Å². The van der Waals surface area contributed by atoms with Gasteiger partial charge in [-0.15, -0.1) is 0 Å². The average Bonchev–Trinajstić information content (AvgIpc) is 2.86. The maximum atomic E-state index is 13.2. The molecule has 2 heterocycles. The van der Waals surface area contributed by atoms with Gasteiger partial charge >= 0.3 is 0 Å². The first-order valence-electron chi connectivity index (χ1n) is 7.51. The van der Waals surface area contributed by atoms with Crippen molar-refractivity contribution in [2.24, 2.45) is 0 Å². The summed E-state index contributed by atoms with van der Waals surface area (Å²) >= 11 is 6.11. The van der Waals surface area contributed by atoms with E-state index < -0.39 is 0 Å². The first-order chi connectivity index (χ1) is 11.4. The third-order valence-corrected chi connectivity index (χ3v) is 3.97. The van der Waals surface area contributed by atoms with Gasteiger partial charge in [-0.25, -0.2) is 14.1 Å². The van der Waals surface area contributed by atoms with Gasteiger partial charge in [-0.2, -0.15) is 5.10 Å². The summed E-state index contributed by atoms with van der Waals surface area (Å²) in [6, 6.07) is 6.17. The molecule has 3 rings (SSSR count). The molecule has 0 spiro atoms. The quantitative estimate of drug-likeness (QED) is 0.768. The van der Waals surface area contributed by atoms with E-state index in [1.54, 1.807) is 23.1 Å². The van der Waals surface area contributed by atoms with Crippen molar-refractivity contribution in [2.45, 2.75) is 26.8 Å². The number of nitrogens with one attached hydrogen (secondary N) is 1. The summed E-state index contributed by atoms with van der Waals surface area (Å²) in [5.74, 6) is 0.859. The van der Waals surface area contributed by atoms with Crippen molar-refractivity contribution in [3.8, 4) is 5.82 Å². The SMILES string of the molecule is Cc1cc(C)n(-c2cncc(NC(C)c3ccc(F)cc3Cl)n2)n1. The molecule has 3 aromatic rings. The number of hydrogen-bond acceptors (Lipinski definition) is 4. The number of aryl methyl sites for hydroxylation is 2. The van der Waals surface area contributed by atoms with Crippen LogP contribution in [-0.4, -0.2) is 19.7 Å². The second-order valence-corrected chi connectivity index (χ2v) is 6.04. The van der Waals surface area contributed by atoms with Gasteiger partial charge in [0.15, 0.2) is 5.82 Å². The Labute approximate surface area is 144 Å². The number of hydrogen-bond donors (Lipinski definition) is 1. The number of nitrogens with zero attached hydrogens (tertiary/aromatic N) is 4. The summed E-state index contributed by atoms with van der Waals surface area (Å²) in [5.41, 5.74) is 2.68. The lowest BCUT2D eigenvalue weighted by atomic mass is 10.1. The monoisotopic (exact) mass is 345 g/mol. The van der Waals surface area contributed by atoms with E-state index in [4.69, 9.17) is 11.6 Å². The van der Waals surface area contributed by atoms with Crippen molar-refractivity contribution < 1.29 is 4.39 Å². The molecule has 0 fully saturated rings. The van der Waals surface area contributed by atoms with Crippen LogP contribution in [0.1, 0.15) is 29.9 Å². The van der Waals surface area contributed by atoms with E-state index in [2.05, 4.69) is 20.4 Å². The normalized spacial score (nSPS) is 12.2. The first kappa shape index (κ1) is 16.4. The molecule has 1 aromatic carbocycles. The summed E-state index contributed by atoms with van der Waals surface area (Å²) in [7, 11) is 0. The molecule has 0 saturated heterocycles. The molecular formula is C17H17ClFN5. The minimum Gasteiger partial charge on any atom is -0.362 e. The van der Waals surface area contributed by atoms with Crippen molar-refractivity contribution >= 4 is 17.4 Å². The van der Waals surface area contributed by atoms with E-state index in [1.165, 1.54) is 12.1 Å². The van der Waals surface area contributed by atoms with E-state index in [0.29, 0.717) is 16.7 Å². The van der Waals surface area contributed by atoms with E-state index in [0.717, 1.165) is 17.0 Å². The molecule has 0 aliphatic rings. The smallest absolute Gasteiger partial charge is 0.174 e. The molecule has 0 aliphatic heterocycles. The highest BCUT2D eigenvalue weighted by molar-refractivity contribution is 6.31. The van der Waals surface area contributed by atoms with Crippen molar-refractivity contribution in [3.05, 3.63) is 64.5 Å². The first-order valence-corrected chi connectivity index (χ1v) is 7.89. The zero-order valence-electron chi connectivity index (χ0n) is 13.6. The third-order valence-electron chi connectivity index (χ3n) is 3.64. The minimum absolute atomic E-state index is 0.150. The fourth-order valence-corrected chi connectivity index (χ4v) is 2.87. The van der Waals surface area contributed by atoms with Crippen LogP contribution in [0, 0.1) is 19.7 Å². The van der Waals surface area contributed by atoms with Crippen LogP contribution in [0.3, 0.4) is 0 Å². The predicted molar refractivity (Wildman–Crippen MR) is 92.1 cm³/mol. The van der Waals surface area contributed by atoms with Crippen LogP contribution < -0.4 is 5.32 Å². The van der Waals surface area contributed by atoms with Crippen LogP contribution in [0.25, 0.3) is 5.82 Å². The molecule has 7 heteroatoms. The predicted octanol–water partition coefficient (Wildman–Crippen LogP) is 4.24. The van der Waals surface area contributed by atoms with Crippen LogP contribution in [0.4, 0.5) is 10.2 Å². The van der Waals surface area contributed by atoms with Crippen molar-refractivity contribution in [2.75, 3.05) is 5.32 Å². The zero-order chi connectivity index (χ0) is 17.3. The average molecular weight is 346 g/mol. The van der Waals surface area contributed by atoms with Crippen LogP contribution in [0.15, 0.2) is 36.7 Å². The minimum atomic E-state index is -0.359. The summed E-state index contributed by atoms with van der Waals surface area (Å²) < 4.78 is 14.9. The van der Waals surface area contributed by atoms with Gasteiger partial charge in [0.1, 0.15) is 11.6 Å². The zero-order valence-corrected chi connectivity index (χ0v) is 14.3. The number of halogens is 2. The Morgan fingerprint density at radius 3 is 2.67 bits per heavy atom. The van der Waals surface area contributed by atoms with Gasteiger partial charge in [0.25, 0.3) is 0 Å². The van der Waals surface area contributed by atoms with Crippen LogP contribution in [-0.2, 0) is 0 Å². The van der Waals surface area contributed by atoms with Gasteiger partial charge in [-0.05, 0) is 44.5 Å². The maximum absolute atomic E-state index is 13.2. The molecule has 1 N–H and O–H groups in total. The Bertz CT molecular complexity index is 877. The molecule has 0 bridgehead atoms. The lowest BCUT2D eigenvalue weighted by Crippen LogP contribution is -2.11. The molecule has 1 unspecified atom stereocenters.